The zero-order chi connectivity index (χ0) is 15.8. The summed E-state index contributed by atoms with van der Waals surface area (Å²) in [4.78, 5) is 11.6. The molecule has 5 nitrogen and oxygen atoms in total. The Kier molecular flexibility index (Phi) is 5.51. The topological polar surface area (TPSA) is 74.7 Å². The largest absolute Gasteiger partial charge is 0.480 e. The Hall–Kier alpha value is 0.0400. The summed E-state index contributed by atoms with van der Waals surface area (Å²) in [6.07, 6.45) is 1.93. The SMILES string of the molecule is CCC1CCN(S(=O)(=O)c2cc(Br)sc2Br)C(C(=O)O)C1. The number of hydrogen-bond donors (Lipinski definition) is 1. The molecule has 0 saturated carbocycles. The number of thiophene rings is 1. The smallest absolute Gasteiger partial charge is 0.322 e. The first kappa shape index (κ1) is 17.4. The third-order valence-electron chi connectivity index (χ3n) is 3.74. The summed E-state index contributed by atoms with van der Waals surface area (Å²) in [6, 6.07) is 0.522. The Morgan fingerprint density at radius 3 is 2.67 bits per heavy atom. The molecule has 1 fully saturated rings. The molecule has 9 heteroatoms. The second-order valence-corrected chi connectivity index (χ2v) is 10.6. The van der Waals surface area contributed by atoms with Crippen LogP contribution >= 0.6 is 43.2 Å². The van der Waals surface area contributed by atoms with E-state index in [0.29, 0.717) is 20.4 Å². The van der Waals surface area contributed by atoms with E-state index in [4.69, 9.17) is 0 Å². The predicted octanol–water partition coefficient (Wildman–Crippen LogP) is 3.54. The van der Waals surface area contributed by atoms with Gasteiger partial charge in [0.1, 0.15) is 10.9 Å². The van der Waals surface area contributed by atoms with Gasteiger partial charge in [-0.3, -0.25) is 4.79 Å². The molecule has 0 aliphatic carbocycles. The highest BCUT2D eigenvalue weighted by Gasteiger charge is 2.41. The van der Waals surface area contributed by atoms with Gasteiger partial charge >= 0.3 is 5.97 Å². The van der Waals surface area contributed by atoms with Crippen molar-refractivity contribution in [2.75, 3.05) is 6.54 Å². The summed E-state index contributed by atoms with van der Waals surface area (Å²) in [5, 5.41) is 9.38. The zero-order valence-corrected chi connectivity index (χ0v) is 16.1. The third-order valence-corrected chi connectivity index (χ3v) is 8.40. The van der Waals surface area contributed by atoms with Gasteiger partial charge in [-0.05, 0) is 56.7 Å². The molecular weight excluding hydrogens is 446 g/mol. The first-order chi connectivity index (χ1) is 9.77. The number of rotatable bonds is 4. The Balaban J connectivity index is 2.38. The number of halogens is 2. The lowest BCUT2D eigenvalue weighted by molar-refractivity contribution is -0.143. The van der Waals surface area contributed by atoms with Crippen LogP contribution in [0.1, 0.15) is 26.2 Å². The van der Waals surface area contributed by atoms with Crippen LogP contribution in [-0.2, 0) is 14.8 Å². The molecule has 1 aromatic heterocycles. The molecule has 2 rings (SSSR count). The molecule has 0 bridgehead atoms. The number of piperidine rings is 1. The number of hydrogen-bond acceptors (Lipinski definition) is 4. The Morgan fingerprint density at radius 2 is 2.19 bits per heavy atom. The number of aliphatic carboxylic acids is 1. The fourth-order valence-electron chi connectivity index (χ4n) is 2.53. The molecular formula is C12H15Br2NO4S2. The predicted molar refractivity (Wildman–Crippen MR) is 88.0 cm³/mol. The van der Waals surface area contributed by atoms with E-state index < -0.39 is 22.0 Å². The van der Waals surface area contributed by atoms with E-state index in [2.05, 4.69) is 31.9 Å². The number of carboxylic acid groups (broad SMARTS) is 1. The normalized spacial score (nSPS) is 24.1. The average Bonchev–Trinajstić information content (AvgIpc) is 2.77. The van der Waals surface area contributed by atoms with Gasteiger partial charge in [-0.1, -0.05) is 13.3 Å². The first-order valence-electron chi connectivity index (χ1n) is 6.46. The van der Waals surface area contributed by atoms with Crippen molar-refractivity contribution in [2.24, 2.45) is 5.92 Å². The van der Waals surface area contributed by atoms with Crippen molar-refractivity contribution in [1.82, 2.24) is 4.31 Å². The lowest BCUT2D eigenvalue weighted by atomic mass is 9.90. The van der Waals surface area contributed by atoms with E-state index in [1.807, 2.05) is 6.92 Å². The minimum atomic E-state index is -3.81. The minimum absolute atomic E-state index is 0.126. The van der Waals surface area contributed by atoms with Gasteiger partial charge in [0.05, 0.1) is 7.57 Å². The highest BCUT2D eigenvalue weighted by atomic mass is 79.9. The van der Waals surface area contributed by atoms with Gasteiger partial charge in [0.15, 0.2) is 0 Å². The maximum atomic E-state index is 12.7. The highest BCUT2D eigenvalue weighted by molar-refractivity contribution is 9.12. The van der Waals surface area contributed by atoms with Crippen LogP contribution in [0.3, 0.4) is 0 Å². The molecule has 0 amide bonds. The summed E-state index contributed by atoms with van der Waals surface area (Å²) in [5.41, 5.74) is 0. The van der Waals surface area contributed by atoms with Crippen LogP contribution in [-0.4, -0.2) is 36.4 Å². The van der Waals surface area contributed by atoms with E-state index in [1.165, 1.54) is 17.4 Å². The maximum absolute atomic E-state index is 12.7. The van der Waals surface area contributed by atoms with Crippen molar-refractivity contribution in [3.63, 3.8) is 0 Å². The minimum Gasteiger partial charge on any atom is -0.480 e. The molecule has 2 atom stereocenters. The van der Waals surface area contributed by atoms with Crippen molar-refractivity contribution in [3.05, 3.63) is 13.6 Å². The summed E-state index contributed by atoms with van der Waals surface area (Å²) in [5.74, 6) is -0.822. The lowest BCUT2D eigenvalue weighted by Gasteiger charge is -2.35. The Labute approximate surface area is 144 Å². The standard InChI is InChI=1S/C12H15Br2NO4S2/c1-2-7-3-4-15(8(5-7)12(16)17)21(18,19)9-6-10(13)20-11(9)14/h6-8H,2-5H2,1H3,(H,16,17). The molecule has 2 heterocycles. The molecule has 0 spiro atoms. The summed E-state index contributed by atoms with van der Waals surface area (Å²) < 4.78 is 27.8. The molecule has 1 saturated heterocycles. The maximum Gasteiger partial charge on any atom is 0.322 e. The molecule has 2 unspecified atom stereocenters. The highest BCUT2D eigenvalue weighted by Crippen LogP contribution is 2.38. The van der Waals surface area contributed by atoms with Crippen LogP contribution in [0.4, 0.5) is 0 Å². The van der Waals surface area contributed by atoms with Crippen molar-refractivity contribution in [2.45, 2.75) is 37.1 Å². The average molecular weight is 461 g/mol. The van der Waals surface area contributed by atoms with E-state index in [-0.39, 0.29) is 17.4 Å². The summed E-state index contributed by atoms with van der Waals surface area (Å²) in [6.45, 7) is 2.25. The number of carboxylic acids is 1. The zero-order valence-electron chi connectivity index (χ0n) is 11.3. The van der Waals surface area contributed by atoms with Gasteiger partial charge < -0.3 is 5.11 Å². The van der Waals surface area contributed by atoms with Crippen LogP contribution in [0.5, 0.6) is 0 Å². The van der Waals surface area contributed by atoms with Crippen LogP contribution in [0.2, 0.25) is 0 Å². The molecule has 1 aliphatic rings. The molecule has 1 aromatic rings. The van der Waals surface area contributed by atoms with Gasteiger partial charge in [-0.2, -0.15) is 4.31 Å². The number of carbonyl (C=O) groups is 1. The van der Waals surface area contributed by atoms with E-state index in [9.17, 15) is 18.3 Å². The van der Waals surface area contributed by atoms with Gasteiger partial charge in [0.25, 0.3) is 0 Å². The van der Waals surface area contributed by atoms with Gasteiger partial charge in [0.2, 0.25) is 10.0 Å². The van der Waals surface area contributed by atoms with Crippen LogP contribution in [0, 0.1) is 5.92 Å². The van der Waals surface area contributed by atoms with Crippen LogP contribution in [0.25, 0.3) is 0 Å². The van der Waals surface area contributed by atoms with Crippen LogP contribution in [0.15, 0.2) is 18.5 Å². The van der Waals surface area contributed by atoms with Gasteiger partial charge in [-0.15, -0.1) is 11.3 Å². The van der Waals surface area contributed by atoms with Crippen molar-refractivity contribution >= 4 is 59.2 Å². The second kappa shape index (κ2) is 6.66. The van der Waals surface area contributed by atoms with E-state index >= 15 is 0 Å². The lowest BCUT2D eigenvalue weighted by Crippen LogP contribution is -2.49. The number of sulfonamides is 1. The molecule has 0 aromatic carbocycles. The van der Waals surface area contributed by atoms with E-state index in [1.54, 1.807) is 0 Å². The Bertz CT molecular complexity index is 644. The fourth-order valence-corrected chi connectivity index (χ4v) is 7.90. The van der Waals surface area contributed by atoms with Gasteiger partial charge in [-0.25, -0.2) is 8.42 Å². The fraction of sp³-hybridized carbons (Fsp3) is 0.583. The summed E-state index contributed by atoms with van der Waals surface area (Å²) in [7, 11) is -3.81. The number of nitrogens with zero attached hydrogens (tertiary/aromatic N) is 1. The second-order valence-electron chi connectivity index (χ2n) is 4.96. The first-order valence-corrected chi connectivity index (χ1v) is 10.3. The van der Waals surface area contributed by atoms with Crippen LogP contribution < -0.4 is 0 Å². The molecule has 1 aliphatic heterocycles. The van der Waals surface area contributed by atoms with E-state index in [0.717, 1.165) is 10.7 Å². The quantitative estimate of drug-likeness (QED) is 0.745. The van der Waals surface area contributed by atoms with Gasteiger partial charge in [0, 0.05) is 6.54 Å². The molecule has 21 heavy (non-hydrogen) atoms. The Morgan fingerprint density at radius 1 is 1.52 bits per heavy atom. The van der Waals surface area contributed by atoms with Crippen molar-refractivity contribution in [1.29, 1.82) is 0 Å². The van der Waals surface area contributed by atoms with Crippen molar-refractivity contribution in [3.8, 4) is 0 Å². The molecule has 1 N–H and O–H groups in total. The third kappa shape index (κ3) is 3.52. The van der Waals surface area contributed by atoms with Crippen molar-refractivity contribution < 1.29 is 18.3 Å². The molecule has 118 valence electrons. The summed E-state index contributed by atoms with van der Waals surface area (Å²) >= 11 is 7.75. The monoisotopic (exact) mass is 459 g/mol. The molecule has 0 radical (unpaired) electrons.